The number of sulfonamides is 1. The molecule has 1 saturated carbocycles. The molecule has 0 bridgehead atoms. The number of benzene rings is 3. The molecular formula is C32H33ClN4O5S. The second kappa shape index (κ2) is 11.0. The van der Waals surface area contributed by atoms with Gasteiger partial charge in [-0.15, -0.1) is 0 Å². The molecule has 2 fully saturated rings. The predicted octanol–water partition coefficient (Wildman–Crippen LogP) is 4.24. The lowest BCUT2D eigenvalue weighted by Gasteiger charge is -2.45. The van der Waals surface area contributed by atoms with E-state index >= 15 is 0 Å². The van der Waals surface area contributed by atoms with E-state index in [0.717, 1.165) is 24.0 Å². The summed E-state index contributed by atoms with van der Waals surface area (Å²) in [6, 6.07) is 17.9. The van der Waals surface area contributed by atoms with Gasteiger partial charge in [-0.2, -0.15) is 0 Å². The summed E-state index contributed by atoms with van der Waals surface area (Å²) >= 11 is 6.28. The maximum Gasteiger partial charge on any atom is 0.264 e. The lowest BCUT2D eigenvalue weighted by Crippen LogP contribution is -2.54. The number of carbonyl (C=O) groups is 3. The van der Waals surface area contributed by atoms with Gasteiger partial charge in [0.15, 0.2) is 0 Å². The fourth-order valence-electron chi connectivity index (χ4n) is 6.76. The molecule has 43 heavy (non-hydrogen) atoms. The molecule has 2 heterocycles. The summed E-state index contributed by atoms with van der Waals surface area (Å²) in [5, 5.41) is 3.50. The van der Waals surface area contributed by atoms with Crippen LogP contribution in [0.5, 0.6) is 0 Å². The first-order valence-corrected chi connectivity index (χ1v) is 16.2. The van der Waals surface area contributed by atoms with Crippen LogP contribution < -0.4 is 15.4 Å². The predicted molar refractivity (Wildman–Crippen MR) is 163 cm³/mol. The van der Waals surface area contributed by atoms with Crippen molar-refractivity contribution < 1.29 is 22.8 Å². The van der Waals surface area contributed by atoms with E-state index in [0.29, 0.717) is 42.2 Å². The van der Waals surface area contributed by atoms with Gasteiger partial charge in [0.1, 0.15) is 0 Å². The summed E-state index contributed by atoms with van der Waals surface area (Å²) < 4.78 is 30.4. The molecule has 6 rings (SSSR count). The lowest BCUT2D eigenvalue weighted by atomic mass is 9.68. The van der Waals surface area contributed by atoms with Crippen LogP contribution in [-0.2, 0) is 26.8 Å². The van der Waals surface area contributed by atoms with Crippen LogP contribution in [-0.4, -0.2) is 50.2 Å². The van der Waals surface area contributed by atoms with E-state index in [2.05, 4.69) is 5.32 Å². The van der Waals surface area contributed by atoms with Crippen LogP contribution in [0.15, 0.2) is 71.6 Å². The highest BCUT2D eigenvalue weighted by Crippen LogP contribution is 2.59. The summed E-state index contributed by atoms with van der Waals surface area (Å²) in [7, 11) is -4.12. The zero-order valence-electron chi connectivity index (χ0n) is 23.8. The zero-order chi connectivity index (χ0) is 30.5. The number of anilines is 1. The zero-order valence-corrected chi connectivity index (χ0v) is 25.3. The third-order valence-corrected chi connectivity index (χ3v) is 11.3. The molecule has 1 saturated heterocycles. The molecule has 0 aromatic heterocycles. The molecule has 1 spiro atoms. The number of rotatable bonds is 7. The second-order valence-corrected chi connectivity index (χ2v) is 13.9. The van der Waals surface area contributed by atoms with Gasteiger partial charge in [0, 0.05) is 48.1 Å². The number of primary amides is 1. The number of amides is 3. The number of halogens is 1. The Morgan fingerprint density at radius 3 is 2.35 bits per heavy atom. The largest absolute Gasteiger partial charge is 0.366 e. The fraction of sp³-hybridized carbons (Fsp3) is 0.344. The molecule has 224 valence electrons. The highest BCUT2D eigenvalue weighted by Gasteiger charge is 2.60. The smallest absolute Gasteiger partial charge is 0.264 e. The molecule has 3 aromatic rings. The molecule has 1 aliphatic carbocycles. The Labute approximate surface area is 256 Å². The van der Waals surface area contributed by atoms with E-state index in [9.17, 15) is 22.8 Å². The summed E-state index contributed by atoms with van der Waals surface area (Å²) in [6.07, 6.45) is 2.91. The van der Waals surface area contributed by atoms with Gasteiger partial charge in [0.2, 0.25) is 11.8 Å². The minimum absolute atomic E-state index is 0.0137. The van der Waals surface area contributed by atoms with Gasteiger partial charge in [-0.25, -0.2) is 8.42 Å². The number of likely N-dealkylation sites (tertiary alicyclic amines) is 1. The highest BCUT2D eigenvalue weighted by molar-refractivity contribution is 7.93. The van der Waals surface area contributed by atoms with E-state index < -0.39 is 21.3 Å². The SMILES string of the molecule is CC(=O)N1CCC2(CC1)c1cc(C(=O)NCc3ccccc3Cl)ccc1N(S(=O)(=O)c1cccc(C(N)=O)c1)C2C1CC1. The Bertz CT molecular complexity index is 1730. The van der Waals surface area contributed by atoms with Crippen LogP contribution in [0, 0.1) is 5.92 Å². The van der Waals surface area contributed by atoms with Crippen LogP contribution in [0.25, 0.3) is 0 Å². The van der Waals surface area contributed by atoms with Gasteiger partial charge in [-0.1, -0.05) is 35.9 Å². The van der Waals surface area contributed by atoms with Crippen molar-refractivity contribution in [3.05, 3.63) is 94.0 Å². The minimum atomic E-state index is -4.12. The second-order valence-electron chi connectivity index (χ2n) is 11.6. The highest BCUT2D eigenvalue weighted by atomic mass is 35.5. The maximum atomic E-state index is 14.4. The molecule has 11 heteroatoms. The average Bonchev–Trinajstić information content (AvgIpc) is 3.80. The van der Waals surface area contributed by atoms with E-state index in [1.165, 1.54) is 28.6 Å². The number of fused-ring (bicyclic) bond motifs is 2. The number of piperidine rings is 1. The molecule has 1 atom stereocenters. The third kappa shape index (κ3) is 5.16. The number of hydrogen-bond donors (Lipinski definition) is 2. The number of hydrogen-bond acceptors (Lipinski definition) is 5. The fourth-order valence-corrected chi connectivity index (χ4v) is 8.81. The van der Waals surface area contributed by atoms with Gasteiger partial charge < -0.3 is 16.0 Å². The molecule has 0 radical (unpaired) electrons. The first kappa shape index (κ1) is 29.2. The number of nitrogens with zero attached hydrogens (tertiary/aromatic N) is 2. The number of nitrogens with two attached hydrogens (primary N) is 1. The lowest BCUT2D eigenvalue weighted by molar-refractivity contribution is -0.130. The van der Waals surface area contributed by atoms with Gasteiger partial charge in [0.25, 0.3) is 15.9 Å². The normalized spacial score (nSPS) is 19.3. The van der Waals surface area contributed by atoms with Crippen LogP contribution in [0.1, 0.15) is 64.4 Å². The monoisotopic (exact) mass is 620 g/mol. The molecule has 2 aliphatic heterocycles. The summed E-state index contributed by atoms with van der Waals surface area (Å²) in [6.45, 7) is 2.77. The van der Waals surface area contributed by atoms with E-state index in [1.54, 1.807) is 30.0 Å². The Kier molecular flexibility index (Phi) is 7.46. The number of carbonyl (C=O) groups excluding carboxylic acids is 3. The van der Waals surface area contributed by atoms with Gasteiger partial charge in [-0.3, -0.25) is 18.7 Å². The number of nitrogens with one attached hydrogen (secondary N) is 1. The molecule has 3 N–H and O–H groups in total. The van der Waals surface area contributed by atoms with Crippen molar-refractivity contribution in [2.45, 2.75) is 55.5 Å². The van der Waals surface area contributed by atoms with Crippen LogP contribution in [0.4, 0.5) is 5.69 Å². The Hall–Kier alpha value is -3.89. The van der Waals surface area contributed by atoms with Crippen LogP contribution in [0.2, 0.25) is 5.02 Å². The summed E-state index contributed by atoms with van der Waals surface area (Å²) in [4.78, 5) is 39.3. The quantitative estimate of drug-likeness (QED) is 0.408. The molecule has 1 unspecified atom stereocenters. The topological polar surface area (TPSA) is 130 Å². The van der Waals surface area contributed by atoms with Crippen molar-refractivity contribution in [1.82, 2.24) is 10.2 Å². The first-order chi connectivity index (χ1) is 20.5. The average molecular weight is 621 g/mol. The molecule has 3 amide bonds. The Morgan fingerprint density at radius 2 is 1.70 bits per heavy atom. The maximum absolute atomic E-state index is 14.4. The molecular weight excluding hydrogens is 588 g/mol. The van der Waals surface area contributed by atoms with Crippen molar-refractivity contribution in [2.75, 3.05) is 17.4 Å². The molecule has 3 aromatic carbocycles. The Balaban J connectivity index is 1.43. The summed E-state index contributed by atoms with van der Waals surface area (Å²) in [5.74, 6) is -0.894. The van der Waals surface area contributed by atoms with E-state index in [1.807, 2.05) is 24.3 Å². The molecule has 3 aliphatic rings. The van der Waals surface area contributed by atoms with Crippen LogP contribution >= 0.6 is 11.6 Å². The van der Waals surface area contributed by atoms with Crippen molar-refractivity contribution in [3.63, 3.8) is 0 Å². The van der Waals surface area contributed by atoms with Gasteiger partial charge in [0.05, 0.1) is 16.6 Å². The van der Waals surface area contributed by atoms with Crippen molar-refractivity contribution in [3.8, 4) is 0 Å². The minimum Gasteiger partial charge on any atom is -0.366 e. The van der Waals surface area contributed by atoms with E-state index in [4.69, 9.17) is 17.3 Å². The standard InChI is InChI=1S/C32H33ClN4O5S/c1-20(38)36-15-13-32(14-16-36)26-18-23(31(40)35-19-24-5-2-3-8-27(24)33)11-12-28(26)37(29(32)21-9-10-21)43(41,42)25-7-4-6-22(17-25)30(34)39/h2-8,11-12,17-18,21,29H,9-10,13-16,19H2,1H3,(H2,34,39)(H,35,40). The van der Waals surface area contributed by atoms with Gasteiger partial charge >= 0.3 is 0 Å². The Morgan fingerprint density at radius 1 is 0.977 bits per heavy atom. The van der Waals surface area contributed by atoms with E-state index in [-0.39, 0.29) is 40.8 Å². The third-order valence-electron chi connectivity index (χ3n) is 9.09. The van der Waals surface area contributed by atoms with Crippen LogP contribution in [0.3, 0.4) is 0 Å². The summed E-state index contributed by atoms with van der Waals surface area (Å²) in [5.41, 5.74) is 7.54. The first-order valence-electron chi connectivity index (χ1n) is 14.4. The van der Waals surface area contributed by atoms with Crippen molar-refractivity contribution in [2.24, 2.45) is 11.7 Å². The van der Waals surface area contributed by atoms with Gasteiger partial charge in [-0.05, 0) is 85.2 Å². The van der Waals surface area contributed by atoms with Crippen molar-refractivity contribution in [1.29, 1.82) is 0 Å². The van der Waals surface area contributed by atoms with Crippen molar-refractivity contribution >= 4 is 45.0 Å². The molecule has 9 nitrogen and oxygen atoms in total.